The molecule has 0 aromatic rings. The Morgan fingerprint density at radius 3 is 3.13 bits per heavy atom. The van der Waals surface area contributed by atoms with Crippen molar-refractivity contribution in [1.29, 1.82) is 0 Å². The van der Waals surface area contributed by atoms with Gasteiger partial charge >= 0.3 is 0 Å². The van der Waals surface area contributed by atoms with Gasteiger partial charge in [0.15, 0.2) is 10.3 Å². The van der Waals surface area contributed by atoms with Crippen molar-refractivity contribution in [3.63, 3.8) is 0 Å². The smallest absolute Gasteiger partial charge is 0.238 e. The summed E-state index contributed by atoms with van der Waals surface area (Å²) >= 11 is 6.31. The molecule has 1 aliphatic heterocycles. The monoisotopic (exact) mass is 244 g/mol. The predicted molar refractivity (Wildman–Crippen MR) is 66.6 cm³/mol. The van der Waals surface area contributed by atoms with Crippen LogP contribution in [0.15, 0.2) is 17.8 Å². The van der Waals surface area contributed by atoms with Crippen LogP contribution in [-0.2, 0) is 4.79 Å². The van der Waals surface area contributed by atoms with Crippen LogP contribution in [0.1, 0.15) is 0 Å². The molecule has 2 N–H and O–H groups in total. The zero-order valence-corrected chi connectivity index (χ0v) is 9.95. The number of thiocarbonyl (C=S) groups is 1. The second-order valence-electron chi connectivity index (χ2n) is 2.75. The van der Waals surface area contributed by atoms with Gasteiger partial charge in [-0.05, 0) is 12.2 Å². The zero-order valence-electron chi connectivity index (χ0n) is 8.32. The van der Waals surface area contributed by atoms with E-state index in [0.717, 1.165) is 0 Å². The van der Waals surface area contributed by atoms with Crippen molar-refractivity contribution in [3.8, 4) is 0 Å². The minimum atomic E-state index is 0.0468. The minimum Gasteiger partial charge on any atom is -0.358 e. The van der Waals surface area contributed by atoms with Gasteiger partial charge in [-0.15, -0.1) is 11.7 Å². The van der Waals surface area contributed by atoms with E-state index in [2.05, 4.69) is 22.4 Å². The van der Waals surface area contributed by atoms with E-state index in [4.69, 9.17) is 12.2 Å². The van der Waals surface area contributed by atoms with Crippen LogP contribution < -0.4 is 10.7 Å². The van der Waals surface area contributed by atoms with Gasteiger partial charge in [0.1, 0.15) is 0 Å². The third-order valence-corrected chi connectivity index (χ3v) is 2.90. The number of hydrogen-bond donors (Lipinski definition) is 2. The van der Waals surface area contributed by atoms with Crippen molar-refractivity contribution in [2.45, 2.75) is 0 Å². The number of nitrogens with one attached hydrogen (secondary N) is 2. The van der Waals surface area contributed by atoms with E-state index >= 15 is 0 Å². The highest BCUT2D eigenvalue weighted by Gasteiger charge is 2.24. The van der Waals surface area contributed by atoms with Gasteiger partial charge in [-0.2, -0.15) is 0 Å². The van der Waals surface area contributed by atoms with E-state index < -0.39 is 0 Å². The molecule has 1 rings (SSSR count). The fourth-order valence-electron chi connectivity index (χ4n) is 0.837. The number of amidine groups is 1. The van der Waals surface area contributed by atoms with E-state index in [-0.39, 0.29) is 5.91 Å². The largest absolute Gasteiger partial charge is 0.358 e. The van der Waals surface area contributed by atoms with Crippen molar-refractivity contribution in [2.75, 3.05) is 19.3 Å². The lowest BCUT2D eigenvalue weighted by atomic mass is 10.6. The molecule has 1 heterocycles. The number of nitrogens with zero attached hydrogens (tertiary/aromatic N) is 2. The lowest BCUT2D eigenvalue weighted by Gasteiger charge is -2.09. The number of hydrogen-bond acceptors (Lipinski definition) is 4. The molecule has 0 aromatic heterocycles. The second kappa shape index (κ2) is 5.72. The number of amides is 1. The van der Waals surface area contributed by atoms with Gasteiger partial charge < -0.3 is 5.32 Å². The quantitative estimate of drug-likeness (QED) is 0.419. The molecule has 1 aliphatic rings. The molecule has 0 atom stereocenters. The van der Waals surface area contributed by atoms with Crippen LogP contribution in [0.25, 0.3) is 0 Å². The van der Waals surface area contributed by atoms with Crippen molar-refractivity contribution in [3.05, 3.63) is 12.7 Å². The van der Waals surface area contributed by atoms with Crippen molar-refractivity contribution < 1.29 is 4.79 Å². The third-order valence-electron chi connectivity index (χ3n) is 1.65. The molecule has 0 bridgehead atoms. The average molecular weight is 244 g/mol. The molecule has 0 spiro atoms. The third kappa shape index (κ3) is 3.52. The molecule has 0 unspecified atom stereocenters. The zero-order chi connectivity index (χ0) is 11.3. The molecular weight excluding hydrogens is 232 g/mol. The summed E-state index contributed by atoms with van der Waals surface area (Å²) in [5, 5.41) is 7.91. The fraction of sp³-hybridized carbons (Fsp3) is 0.375. The topological polar surface area (TPSA) is 56.7 Å². The second-order valence-corrected chi connectivity index (χ2v) is 4.10. The molecule has 1 saturated heterocycles. The van der Waals surface area contributed by atoms with Crippen LogP contribution in [-0.4, -0.2) is 40.4 Å². The first-order valence-electron chi connectivity index (χ1n) is 4.27. The molecule has 82 valence electrons. The van der Waals surface area contributed by atoms with Gasteiger partial charge in [0.25, 0.3) is 0 Å². The highest BCUT2D eigenvalue weighted by molar-refractivity contribution is 8.15. The standard InChI is InChI=1S/C8H12N4OS2/c1-3-4-9-7(14)10-11-8-12(2)6(13)5-15-8/h3H,1,4-5H2,2H3,(H2,9,10,14). The normalized spacial score (nSPS) is 18.1. The number of carbonyl (C=O) groups is 1. The predicted octanol–water partition coefficient (Wildman–Crippen LogP) is 0.113. The van der Waals surface area contributed by atoms with Crippen LogP contribution in [0.3, 0.4) is 0 Å². The summed E-state index contributed by atoms with van der Waals surface area (Å²) in [6.07, 6.45) is 1.70. The Balaban J connectivity index is 2.41. The molecule has 15 heavy (non-hydrogen) atoms. The molecule has 5 nitrogen and oxygen atoms in total. The maximum Gasteiger partial charge on any atom is 0.238 e. The summed E-state index contributed by atoms with van der Waals surface area (Å²) in [6, 6.07) is 0. The van der Waals surface area contributed by atoms with E-state index in [1.807, 2.05) is 0 Å². The number of carbonyl (C=O) groups excluding carboxylic acids is 1. The highest BCUT2D eigenvalue weighted by Crippen LogP contribution is 2.16. The minimum absolute atomic E-state index is 0.0468. The Morgan fingerprint density at radius 1 is 1.87 bits per heavy atom. The van der Waals surface area contributed by atoms with Crippen molar-refractivity contribution in [1.82, 2.24) is 15.6 Å². The molecule has 0 saturated carbocycles. The van der Waals surface area contributed by atoms with Gasteiger partial charge in [-0.25, -0.2) is 0 Å². The van der Waals surface area contributed by atoms with Crippen LogP contribution in [0, 0.1) is 0 Å². The van der Waals surface area contributed by atoms with Gasteiger partial charge in [0.2, 0.25) is 5.91 Å². The van der Waals surface area contributed by atoms with Crippen LogP contribution in [0.2, 0.25) is 0 Å². The van der Waals surface area contributed by atoms with E-state index in [9.17, 15) is 4.79 Å². The summed E-state index contributed by atoms with van der Waals surface area (Å²) in [4.78, 5) is 12.6. The number of rotatable bonds is 3. The summed E-state index contributed by atoms with van der Waals surface area (Å²) in [7, 11) is 1.68. The van der Waals surface area contributed by atoms with Gasteiger partial charge in [-0.1, -0.05) is 17.8 Å². The Bertz CT molecular complexity index is 316. The first kappa shape index (κ1) is 12.0. The van der Waals surface area contributed by atoms with Gasteiger partial charge in [0.05, 0.1) is 5.75 Å². The first-order chi connectivity index (χ1) is 7.15. The number of thioether (sulfide) groups is 1. The summed E-state index contributed by atoms with van der Waals surface area (Å²) in [6.45, 7) is 4.13. The Kier molecular flexibility index (Phi) is 4.57. The summed E-state index contributed by atoms with van der Waals surface area (Å²) in [5.74, 6) is 0.481. The maximum atomic E-state index is 11.1. The van der Waals surface area contributed by atoms with E-state index in [1.165, 1.54) is 16.7 Å². The van der Waals surface area contributed by atoms with Crippen molar-refractivity contribution in [2.24, 2.45) is 5.10 Å². The first-order valence-corrected chi connectivity index (χ1v) is 5.66. The van der Waals surface area contributed by atoms with E-state index in [1.54, 1.807) is 13.1 Å². The summed E-state index contributed by atoms with van der Waals surface area (Å²) < 4.78 is 0. The van der Waals surface area contributed by atoms with Crippen LogP contribution in [0.5, 0.6) is 0 Å². The highest BCUT2D eigenvalue weighted by atomic mass is 32.2. The molecule has 1 amide bonds. The molecule has 0 aliphatic carbocycles. The van der Waals surface area contributed by atoms with Gasteiger partial charge in [-0.3, -0.25) is 15.1 Å². The number of hydrazone groups is 1. The molecule has 0 radical (unpaired) electrons. The summed E-state index contributed by atoms with van der Waals surface area (Å²) in [5.41, 5.74) is 2.66. The molecular formula is C8H12N4OS2. The Hall–Kier alpha value is -1.08. The van der Waals surface area contributed by atoms with Crippen molar-refractivity contribution >= 4 is 40.2 Å². The lowest BCUT2D eigenvalue weighted by Crippen LogP contribution is -2.34. The molecule has 7 heteroatoms. The fourth-order valence-corrected chi connectivity index (χ4v) is 1.82. The van der Waals surface area contributed by atoms with Gasteiger partial charge in [0, 0.05) is 13.6 Å². The van der Waals surface area contributed by atoms with Crippen LogP contribution in [0.4, 0.5) is 0 Å². The van der Waals surface area contributed by atoms with E-state index in [0.29, 0.717) is 22.6 Å². The SMILES string of the molecule is C=CCNC(=S)NN=C1SCC(=O)N1C. The van der Waals surface area contributed by atoms with Crippen LogP contribution >= 0.6 is 24.0 Å². The average Bonchev–Trinajstić information content (AvgIpc) is 2.54. The molecule has 1 fully saturated rings. The molecule has 0 aromatic carbocycles. The Morgan fingerprint density at radius 2 is 2.60 bits per heavy atom. The maximum absolute atomic E-state index is 11.1. The Labute approximate surface area is 98.0 Å². The lowest BCUT2D eigenvalue weighted by molar-refractivity contribution is -0.123.